The number of nitrogens with two attached hydrogens (primary N) is 1. The molecule has 1 rings (SSSR count). The molecule has 1 aromatic rings. The maximum absolute atomic E-state index is 13.5. The van der Waals surface area contributed by atoms with E-state index in [9.17, 15) is 4.39 Å². The molecule has 0 aromatic heterocycles. The average Bonchev–Trinajstić information content (AvgIpc) is 2.24. The Bertz CT molecular complexity index is 335. The Hall–Kier alpha value is -0.900. The SMILES string of the molecule is C=CCN(CCN)Cc1c(F)cccc1Cl. The van der Waals surface area contributed by atoms with Crippen molar-refractivity contribution in [2.45, 2.75) is 6.54 Å². The van der Waals surface area contributed by atoms with Gasteiger partial charge in [-0.3, -0.25) is 4.90 Å². The van der Waals surface area contributed by atoms with Crippen molar-refractivity contribution in [3.8, 4) is 0 Å². The normalized spacial score (nSPS) is 10.8. The molecule has 1 aromatic carbocycles. The highest BCUT2D eigenvalue weighted by molar-refractivity contribution is 6.31. The van der Waals surface area contributed by atoms with Gasteiger partial charge in [0.15, 0.2) is 0 Å². The van der Waals surface area contributed by atoms with Gasteiger partial charge in [0.2, 0.25) is 0 Å². The number of rotatable bonds is 6. The van der Waals surface area contributed by atoms with Crippen LogP contribution in [0.3, 0.4) is 0 Å². The number of nitrogens with zero attached hydrogens (tertiary/aromatic N) is 1. The molecule has 0 unspecified atom stereocenters. The first-order valence-electron chi connectivity index (χ1n) is 5.15. The van der Waals surface area contributed by atoms with Crippen molar-refractivity contribution < 1.29 is 4.39 Å². The van der Waals surface area contributed by atoms with Crippen LogP contribution < -0.4 is 5.73 Å². The highest BCUT2D eigenvalue weighted by Gasteiger charge is 2.10. The average molecular weight is 243 g/mol. The van der Waals surface area contributed by atoms with Crippen LogP contribution in [0.2, 0.25) is 5.02 Å². The van der Waals surface area contributed by atoms with E-state index < -0.39 is 0 Å². The fourth-order valence-corrected chi connectivity index (χ4v) is 1.73. The van der Waals surface area contributed by atoms with Gasteiger partial charge in [-0.1, -0.05) is 23.7 Å². The van der Waals surface area contributed by atoms with Crippen molar-refractivity contribution in [2.24, 2.45) is 5.73 Å². The third kappa shape index (κ3) is 3.59. The fraction of sp³-hybridized carbons (Fsp3) is 0.333. The van der Waals surface area contributed by atoms with E-state index in [0.717, 1.165) is 0 Å². The molecule has 0 fully saturated rings. The van der Waals surface area contributed by atoms with Crippen LogP contribution in [0, 0.1) is 5.82 Å². The Kier molecular flexibility index (Phi) is 5.46. The Morgan fingerprint density at radius 3 is 2.81 bits per heavy atom. The highest BCUT2D eigenvalue weighted by Crippen LogP contribution is 2.20. The molecular formula is C12H16ClFN2. The van der Waals surface area contributed by atoms with Gasteiger partial charge in [-0.15, -0.1) is 6.58 Å². The van der Waals surface area contributed by atoms with Gasteiger partial charge in [-0.05, 0) is 12.1 Å². The van der Waals surface area contributed by atoms with Crippen LogP contribution in [-0.4, -0.2) is 24.5 Å². The second-order valence-corrected chi connectivity index (χ2v) is 3.92. The second kappa shape index (κ2) is 6.63. The van der Waals surface area contributed by atoms with Gasteiger partial charge in [-0.25, -0.2) is 4.39 Å². The van der Waals surface area contributed by atoms with Crippen molar-refractivity contribution in [3.63, 3.8) is 0 Å². The topological polar surface area (TPSA) is 29.3 Å². The van der Waals surface area contributed by atoms with Crippen molar-refractivity contribution in [1.82, 2.24) is 4.90 Å². The lowest BCUT2D eigenvalue weighted by atomic mass is 10.2. The highest BCUT2D eigenvalue weighted by atomic mass is 35.5. The summed E-state index contributed by atoms with van der Waals surface area (Å²) in [6.07, 6.45) is 1.77. The minimum absolute atomic E-state index is 0.279. The number of halogens is 2. The molecule has 0 radical (unpaired) electrons. The fourth-order valence-electron chi connectivity index (χ4n) is 1.51. The first kappa shape index (κ1) is 13.2. The van der Waals surface area contributed by atoms with Gasteiger partial charge < -0.3 is 5.73 Å². The van der Waals surface area contributed by atoms with E-state index in [2.05, 4.69) is 6.58 Å². The van der Waals surface area contributed by atoms with Gasteiger partial charge in [0.25, 0.3) is 0 Å². The first-order chi connectivity index (χ1) is 7.69. The van der Waals surface area contributed by atoms with Crippen LogP contribution >= 0.6 is 11.6 Å². The van der Waals surface area contributed by atoms with Gasteiger partial charge in [0.05, 0.1) is 0 Å². The van der Waals surface area contributed by atoms with Crippen LogP contribution in [0.25, 0.3) is 0 Å². The van der Waals surface area contributed by atoms with Gasteiger partial charge in [-0.2, -0.15) is 0 Å². The zero-order chi connectivity index (χ0) is 12.0. The van der Waals surface area contributed by atoms with Crippen molar-refractivity contribution in [3.05, 3.63) is 47.3 Å². The summed E-state index contributed by atoms with van der Waals surface area (Å²) in [4.78, 5) is 2.00. The van der Waals surface area contributed by atoms with Crippen molar-refractivity contribution in [1.29, 1.82) is 0 Å². The smallest absolute Gasteiger partial charge is 0.129 e. The van der Waals surface area contributed by atoms with E-state index in [-0.39, 0.29) is 5.82 Å². The minimum Gasteiger partial charge on any atom is -0.329 e. The second-order valence-electron chi connectivity index (χ2n) is 3.51. The Balaban J connectivity index is 2.79. The zero-order valence-corrected chi connectivity index (χ0v) is 9.88. The lowest BCUT2D eigenvalue weighted by Crippen LogP contribution is -2.29. The summed E-state index contributed by atoms with van der Waals surface area (Å²) in [6.45, 7) is 6.00. The Morgan fingerprint density at radius 2 is 2.25 bits per heavy atom. The maximum atomic E-state index is 13.5. The molecule has 0 amide bonds. The summed E-state index contributed by atoms with van der Waals surface area (Å²) in [6, 6.07) is 4.70. The van der Waals surface area contributed by atoms with Crippen molar-refractivity contribution >= 4 is 11.6 Å². The Labute approximate surface area is 100 Å². The quantitative estimate of drug-likeness (QED) is 0.777. The third-order valence-electron chi connectivity index (χ3n) is 2.28. The third-order valence-corrected chi connectivity index (χ3v) is 2.63. The van der Waals surface area contributed by atoms with Crippen LogP contribution in [0.1, 0.15) is 5.56 Å². The van der Waals surface area contributed by atoms with E-state index in [1.807, 2.05) is 4.90 Å². The number of hydrogen-bond acceptors (Lipinski definition) is 2. The summed E-state index contributed by atoms with van der Waals surface area (Å²) >= 11 is 5.95. The monoisotopic (exact) mass is 242 g/mol. The number of hydrogen-bond donors (Lipinski definition) is 1. The summed E-state index contributed by atoms with van der Waals surface area (Å²) in [5.41, 5.74) is 6.00. The van der Waals surface area contributed by atoms with E-state index in [4.69, 9.17) is 17.3 Å². The molecule has 0 aliphatic carbocycles. The summed E-state index contributed by atoms with van der Waals surface area (Å²) < 4.78 is 13.5. The van der Waals surface area contributed by atoms with E-state index in [1.165, 1.54) is 6.07 Å². The van der Waals surface area contributed by atoms with Crippen LogP contribution in [0.5, 0.6) is 0 Å². The zero-order valence-electron chi connectivity index (χ0n) is 9.13. The predicted octanol–water partition coefficient (Wildman–Crippen LogP) is 2.43. The summed E-state index contributed by atoms with van der Waals surface area (Å²) in [5.74, 6) is -0.279. The molecule has 4 heteroatoms. The number of benzene rings is 1. The molecular weight excluding hydrogens is 227 g/mol. The van der Waals surface area contributed by atoms with Crippen molar-refractivity contribution in [2.75, 3.05) is 19.6 Å². The molecule has 0 bridgehead atoms. The lowest BCUT2D eigenvalue weighted by Gasteiger charge is -2.20. The first-order valence-corrected chi connectivity index (χ1v) is 5.53. The largest absolute Gasteiger partial charge is 0.329 e. The van der Waals surface area contributed by atoms with E-state index in [1.54, 1.807) is 18.2 Å². The van der Waals surface area contributed by atoms with E-state index in [0.29, 0.717) is 36.8 Å². The van der Waals surface area contributed by atoms with Crippen LogP contribution in [0.15, 0.2) is 30.9 Å². The van der Waals surface area contributed by atoms with Gasteiger partial charge >= 0.3 is 0 Å². The van der Waals surface area contributed by atoms with Gasteiger partial charge in [0, 0.05) is 36.8 Å². The summed E-state index contributed by atoms with van der Waals surface area (Å²) in [5, 5.41) is 0.450. The molecule has 0 aliphatic heterocycles. The summed E-state index contributed by atoms with van der Waals surface area (Å²) in [7, 11) is 0. The minimum atomic E-state index is -0.279. The molecule has 0 atom stereocenters. The molecule has 0 aliphatic rings. The van der Waals surface area contributed by atoms with Crippen LogP contribution in [0.4, 0.5) is 4.39 Å². The molecule has 88 valence electrons. The van der Waals surface area contributed by atoms with Crippen LogP contribution in [-0.2, 0) is 6.54 Å². The maximum Gasteiger partial charge on any atom is 0.129 e. The van der Waals surface area contributed by atoms with E-state index >= 15 is 0 Å². The standard InChI is InChI=1S/C12H16ClFN2/c1-2-7-16(8-6-15)9-10-11(13)4-3-5-12(10)14/h2-5H,1,6-9,15H2. The molecule has 16 heavy (non-hydrogen) atoms. The lowest BCUT2D eigenvalue weighted by molar-refractivity contribution is 0.298. The molecule has 0 saturated carbocycles. The molecule has 2 N–H and O–H groups in total. The molecule has 0 spiro atoms. The molecule has 0 heterocycles. The molecule has 2 nitrogen and oxygen atoms in total. The Morgan fingerprint density at radius 1 is 1.50 bits per heavy atom. The predicted molar refractivity (Wildman–Crippen MR) is 65.9 cm³/mol. The molecule has 0 saturated heterocycles. The van der Waals surface area contributed by atoms with Gasteiger partial charge in [0.1, 0.15) is 5.82 Å².